The van der Waals surface area contributed by atoms with Gasteiger partial charge in [-0.2, -0.15) is 0 Å². The molecule has 4 N–H and O–H groups in total. The third-order valence-electron chi connectivity index (χ3n) is 9.91. The minimum Gasteiger partial charge on any atom is -0.508 e. The number of hydrogen-bond acceptors (Lipinski definition) is 12. The SMILES string of the molecule is CC(C)(C)C(=O)OCC(COC(=O)C(C)(C)C)(CSSCCC(=O)N1C(C(=O)O)CCC1c1ccccc1O)C(=O)N1C(C(=O)O)CCC1c1ccccc1O. The van der Waals surface area contributed by atoms with E-state index in [9.17, 15) is 44.4 Å². The predicted octanol–water partition coefficient (Wildman–Crippen LogP) is 5.97. The van der Waals surface area contributed by atoms with Gasteiger partial charge in [0.25, 0.3) is 0 Å². The zero-order valence-electron chi connectivity index (χ0n) is 32.6. The largest absolute Gasteiger partial charge is 0.508 e. The van der Waals surface area contributed by atoms with E-state index in [1.54, 1.807) is 77.9 Å². The first-order valence-corrected chi connectivity index (χ1v) is 20.9. The molecule has 4 rings (SSSR count). The zero-order chi connectivity index (χ0) is 41.6. The Labute approximate surface area is 334 Å². The number of carbonyl (C=O) groups is 6. The van der Waals surface area contributed by atoms with Gasteiger partial charge in [0.2, 0.25) is 11.8 Å². The van der Waals surface area contributed by atoms with Crippen LogP contribution in [0.4, 0.5) is 0 Å². The molecule has 0 spiro atoms. The van der Waals surface area contributed by atoms with Crippen molar-refractivity contribution in [2.75, 3.05) is 24.7 Å². The van der Waals surface area contributed by atoms with Crippen LogP contribution < -0.4 is 0 Å². The number of nitrogens with zero attached hydrogens (tertiary/aromatic N) is 2. The van der Waals surface area contributed by atoms with Gasteiger partial charge in [0.05, 0.1) is 22.9 Å². The van der Waals surface area contributed by atoms with E-state index in [0.717, 1.165) is 10.8 Å². The zero-order valence-corrected chi connectivity index (χ0v) is 34.2. The Balaban J connectivity index is 1.64. The lowest BCUT2D eigenvalue weighted by Crippen LogP contribution is -2.55. The molecule has 14 nitrogen and oxygen atoms in total. The van der Waals surface area contributed by atoms with Gasteiger partial charge < -0.3 is 39.7 Å². The number of amides is 2. The van der Waals surface area contributed by atoms with E-state index >= 15 is 4.79 Å². The highest BCUT2D eigenvalue weighted by Crippen LogP contribution is 2.45. The number of carbonyl (C=O) groups excluding carboxylic acids is 4. The Morgan fingerprint density at radius 2 is 1.09 bits per heavy atom. The summed E-state index contributed by atoms with van der Waals surface area (Å²) in [6, 6.07) is 8.90. The quantitative estimate of drug-likeness (QED) is 0.0929. The minimum atomic E-state index is -1.82. The molecule has 2 fully saturated rings. The molecule has 0 bridgehead atoms. The molecular weight excluding hydrogens is 765 g/mol. The van der Waals surface area contributed by atoms with Crippen LogP contribution in [0.15, 0.2) is 48.5 Å². The molecule has 4 unspecified atom stereocenters. The number of hydrogen-bond donors (Lipinski definition) is 4. The summed E-state index contributed by atoms with van der Waals surface area (Å²) in [5.74, 6) is -5.08. The van der Waals surface area contributed by atoms with Gasteiger partial charge >= 0.3 is 23.9 Å². The van der Waals surface area contributed by atoms with Crippen molar-refractivity contribution in [2.24, 2.45) is 16.2 Å². The monoisotopic (exact) mass is 816 g/mol. The molecule has 2 amide bonds. The fourth-order valence-corrected chi connectivity index (χ4v) is 9.29. The fraction of sp³-hybridized carbons (Fsp3) is 0.550. The molecule has 4 atom stereocenters. The van der Waals surface area contributed by atoms with Gasteiger partial charge in [-0.3, -0.25) is 19.2 Å². The van der Waals surface area contributed by atoms with Crippen LogP contribution in [0.1, 0.15) is 96.9 Å². The molecular formula is C40H52N2O12S2. The Hall–Kier alpha value is -4.44. The second kappa shape index (κ2) is 18.2. The van der Waals surface area contributed by atoms with Crippen molar-refractivity contribution in [3.8, 4) is 11.5 Å². The summed E-state index contributed by atoms with van der Waals surface area (Å²) >= 11 is 0. The highest BCUT2D eigenvalue weighted by molar-refractivity contribution is 8.76. The summed E-state index contributed by atoms with van der Waals surface area (Å²) in [5, 5.41) is 41.5. The van der Waals surface area contributed by atoms with E-state index < -0.39 is 89.3 Å². The van der Waals surface area contributed by atoms with Gasteiger partial charge in [-0.05, 0) is 79.4 Å². The van der Waals surface area contributed by atoms with Crippen LogP contribution in [0, 0.1) is 16.2 Å². The summed E-state index contributed by atoms with van der Waals surface area (Å²) in [6.07, 6.45) is 0.748. The van der Waals surface area contributed by atoms with Crippen LogP contribution in [-0.2, 0) is 38.2 Å². The number of para-hydroxylation sites is 2. The van der Waals surface area contributed by atoms with Crippen LogP contribution in [-0.4, -0.2) is 103 Å². The fourth-order valence-electron chi connectivity index (χ4n) is 6.78. The number of benzene rings is 2. The molecule has 2 aliphatic rings. The summed E-state index contributed by atoms with van der Waals surface area (Å²) in [7, 11) is 2.32. The second-order valence-electron chi connectivity index (χ2n) is 16.3. The van der Waals surface area contributed by atoms with E-state index in [1.165, 1.54) is 32.7 Å². The van der Waals surface area contributed by atoms with E-state index in [4.69, 9.17) is 9.47 Å². The predicted molar refractivity (Wildman–Crippen MR) is 209 cm³/mol. The molecule has 0 aromatic heterocycles. The number of phenolic OH excluding ortho intramolecular Hbond substituents is 2. The van der Waals surface area contributed by atoms with Crippen molar-refractivity contribution in [1.29, 1.82) is 0 Å². The standard InChI is InChI=1S/C40H52N2O12S2/c1-38(2,3)36(51)53-21-40(22-54-37(52)39(4,5)6,35(50)42-27(16-18-29(42)34(48)49)25-12-8-10-14-31(25)44)23-56-55-20-19-32(45)41-26(15-17-28(41)33(46)47)24-11-7-9-13-30(24)43/h7-14,26-29,43-44H,15-23H2,1-6H3,(H,46,47)(H,48,49). The highest BCUT2D eigenvalue weighted by Gasteiger charge is 2.52. The third kappa shape index (κ3) is 10.3. The topological polar surface area (TPSA) is 208 Å². The number of esters is 2. The molecule has 2 heterocycles. The molecule has 0 aliphatic carbocycles. The Morgan fingerprint density at radius 1 is 0.661 bits per heavy atom. The van der Waals surface area contributed by atoms with E-state index in [0.29, 0.717) is 17.5 Å². The molecule has 2 saturated heterocycles. The number of carboxylic acids is 2. The average molecular weight is 817 g/mol. The lowest BCUT2D eigenvalue weighted by molar-refractivity contribution is -0.172. The Kier molecular flexibility index (Phi) is 14.4. The summed E-state index contributed by atoms with van der Waals surface area (Å²) < 4.78 is 11.5. The van der Waals surface area contributed by atoms with Crippen molar-refractivity contribution in [3.05, 3.63) is 59.7 Å². The highest BCUT2D eigenvalue weighted by atomic mass is 33.1. The van der Waals surface area contributed by atoms with Crippen LogP contribution in [0.5, 0.6) is 11.5 Å². The average Bonchev–Trinajstić information content (AvgIpc) is 3.77. The van der Waals surface area contributed by atoms with E-state index in [-0.39, 0.29) is 48.7 Å². The van der Waals surface area contributed by atoms with Crippen LogP contribution in [0.2, 0.25) is 0 Å². The number of aliphatic carboxylic acids is 2. The number of likely N-dealkylation sites (tertiary alicyclic amines) is 2. The molecule has 0 radical (unpaired) electrons. The summed E-state index contributed by atoms with van der Waals surface area (Å²) in [5.41, 5.74) is -2.99. The number of phenols is 2. The van der Waals surface area contributed by atoms with Gasteiger partial charge in [0.15, 0.2) is 0 Å². The van der Waals surface area contributed by atoms with Gasteiger partial charge in [-0.25, -0.2) is 9.59 Å². The van der Waals surface area contributed by atoms with Crippen molar-refractivity contribution in [1.82, 2.24) is 9.80 Å². The van der Waals surface area contributed by atoms with Gasteiger partial charge in [-0.15, -0.1) is 0 Å². The third-order valence-corrected chi connectivity index (χ3v) is 12.5. The molecule has 306 valence electrons. The molecule has 0 saturated carbocycles. The van der Waals surface area contributed by atoms with Gasteiger partial charge in [0, 0.05) is 29.1 Å². The smallest absolute Gasteiger partial charge is 0.326 e. The van der Waals surface area contributed by atoms with Crippen molar-refractivity contribution < 1.29 is 58.7 Å². The van der Waals surface area contributed by atoms with Crippen molar-refractivity contribution in [2.45, 2.75) is 97.8 Å². The maximum absolute atomic E-state index is 15.1. The lowest BCUT2D eigenvalue weighted by atomic mass is 9.88. The summed E-state index contributed by atoms with van der Waals surface area (Å²) in [4.78, 5) is 82.3. The molecule has 56 heavy (non-hydrogen) atoms. The molecule has 2 aromatic carbocycles. The first-order chi connectivity index (χ1) is 26.2. The van der Waals surface area contributed by atoms with Crippen LogP contribution in [0.3, 0.4) is 0 Å². The lowest BCUT2D eigenvalue weighted by Gasteiger charge is -2.39. The van der Waals surface area contributed by atoms with E-state index in [2.05, 4.69) is 0 Å². The molecule has 16 heteroatoms. The number of carboxylic acid groups (broad SMARTS) is 2. The van der Waals surface area contributed by atoms with Gasteiger partial charge in [0.1, 0.15) is 42.2 Å². The van der Waals surface area contributed by atoms with Crippen molar-refractivity contribution >= 4 is 57.3 Å². The van der Waals surface area contributed by atoms with Crippen LogP contribution in [0.25, 0.3) is 0 Å². The number of ether oxygens (including phenoxy) is 2. The van der Waals surface area contributed by atoms with E-state index in [1.807, 2.05) is 0 Å². The normalized spacial score (nSPS) is 20.1. The molecule has 2 aromatic rings. The second-order valence-corrected chi connectivity index (χ2v) is 18.9. The first-order valence-electron chi connectivity index (χ1n) is 18.4. The maximum Gasteiger partial charge on any atom is 0.326 e. The minimum absolute atomic E-state index is 0.0422. The van der Waals surface area contributed by atoms with Crippen LogP contribution >= 0.6 is 21.6 Å². The number of aromatic hydroxyl groups is 2. The first kappa shape index (κ1) is 44.3. The Morgan fingerprint density at radius 3 is 1.52 bits per heavy atom. The molecule has 2 aliphatic heterocycles. The van der Waals surface area contributed by atoms with Gasteiger partial charge in [-0.1, -0.05) is 58.0 Å². The summed E-state index contributed by atoms with van der Waals surface area (Å²) in [6.45, 7) is 8.66. The Bertz CT molecular complexity index is 1760. The van der Waals surface area contributed by atoms with Crippen molar-refractivity contribution in [3.63, 3.8) is 0 Å². The number of rotatable bonds is 15. The maximum atomic E-state index is 15.1.